The summed E-state index contributed by atoms with van der Waals surface area (Å²) in [5, 5.41) is 0. The molecule has 12 heavy (non-hydrogen) atoms. The van der Waals surface area contributed by atoms with Crippen molar-refractivity contribution in [3.05, 3.63) is 36.7 Å². The fourth-order valence-electron chi connectivity index (χ4n) is 0.774. The number of halogens is 1. The molecule has 0 aliphatic carbocycles. The number of pyridine rings is 1. The van der Waals surface area contributed by atoms with Gasteiger partial charge in [-0.25, -0.2) is 0 Å². The minimum Gasteiger partial charge on any atom is -0.489 e. The topological polar surface area (TPSA) is 22.1 Å². The number of nitrogens with zero attached hydrogens (tertiary/aromatic N) is 1. The molecule has 0 aliphatic heterocycles. The van der Waals surface area contributed by atoms with E-state index in [1.807, 2.05) is 6.07 Å². The minimum atomic E-state index is 0.408. The van der Waals surface area contributed by atoms with Crippen molar-refractivity contribution in [1.82, 2.24) is 4.98 Å². The molecular weight excluding hydrogens is 174 g/mol. The average Bonchev–Trinajstić information content (AvgIpc) is 2.15. The smallest absolute Gasteiger partial charge is 0.123 e. The summed E-state index contributed by atoms with van der Waals surface area (Å²) in [6.07, 6.45) is 3.37. The number of hydrogen-bond donors (Lipinski definition) is 0. The van der Waals surface area contributed by atoms with Gasteiger partial charge in [-0.2, -0.15) is 0 Å². The van der Waals surface area contributed by atoms with Crippen molar-refractivity contribution in [3.63, 3.8) is 0 Å². The predicted molar refractivity (Wildman–Crippen MR) is 49.5 cm³/mol. The van der Waals surface area contributed by atoms with E-state index in [4.69, 9.17) is 16.3 Å². The van der Waals surface area contributed by atoms with Crippen LogP contribution in [0.3, 0.4) is 0 Å². The van der Waals surface area contributed by atoms with Crippen molar-refractivity contribution in [1.29, 1.82) is 0 Å². The maximum atomic E-state index is 5.59. The molecule has 0 unspecified atom stereocenters. The van der Waals surface area contributed by atoms with E-state index in [1.54, 1.807) is 18.3 Å². The van der Waals surface area contributed by atoms with Gasteiger partial charge in [0.15, 0.2) is 0 Å². The standard InChI is InChI=1S/C9H10ClNO/c1-2-5-12-9-3-4-11-8(6-9)7-10/h2-4,6H,1,5,7H2. The molecular formula is C9H10ClNO. The largest absolute Gasteiger partial charge is 0.489 e. The summed E-state index contributed by atoms with van der Waals surface area (Å²) in [7, 11) is 0. The third-order valence-corrected chi connectivity index (χ3v) is 1.57. The van der Waals surface area contributed by atoms with Crippen LogP contribution in [-0.2, 0) is 5.88 Å². The van der Waals surface area contributed by atoms with Gasteiger partial charge in [0, 0.05) is 12.3 Å². The molecule has 0 spiro atoms. The van der Waals surface area contributed by atoms with E-state index < -0.39 is 0 Å². The molecule has 0 bridgehead atoms. The van der Waals surface area contributed by atoms with Crippen molar-refractivity contribution < 1.29 is 4.74 Å². The third-order valence-electron chi connectivity index (χ3n) is 1.29. The molecule has 0 fully saturated rings. The second-order valence-electron chi connectivity index (χ2n) is 2.22. The number of aromatic nitrogens is 1. The molecule has 0 radical (unpaired) electrons. The first-order valence-corrected chi connectivity index (χ1v) is 4.15. The molecule has 2 nitrogen and oxygen atoms in total. The Morgan fingerprint density at radius 3 is 3.17 bits per heavy atom. The van der Waals surface area contributed by atoms with E-state index >= 15 is 0 Å². The van der Waals surface area contributed by atoms with E-state index in [9.17, 15) is 0 Å². The van der Waals surface area contributed by atoms with Crippen LogP contribution in [-0.4, -0.2) is 11.6 Å². The van der Waals surface area contributed by atoms with Crippen LogP contribution in [0.1, 0.15) is 5.69 Å². The van der Waals surface area contributed by atoms with Crippen LogP contribution in [0.4, 0.5) is 0 Å². The summed E-state index contributed by atoms with van der Waals surface area (Å²) >= 11 is 5.59. The molecule has 0 amide bonds. The van der Waals surface area contributed by atoms with Gasteiger partial charge in [0.2, 0.25) is 0 Å². The summed E-state index contributed by atoms with van der Waals surface area (Å²) in [6, 6.07) is 3.61. The molecule has 1 aromatic rings. The zero-order chi connectivity index (χ0) is 8.81. The molecule has 0 aliphatic rings. The monoisotopic (exact) mass is 183 g/mol. The molecule has 0 saturated heterocycles. The fourth-order valence-corrected chi connectivity index (χ4v) is 0.920. The molecule has 64 valence electrons. The van der Waals surface area contributed by atoms with Crippen LogP contribution in [0, 0.1) is 0 Å². The van der Waals surface area contributed by atoms with Gasteiger partial charge in [-0.1, -0.05) is 12.7 Å². The summed E-state index contributed by atoms with van der Waals surface area (Å²) in [6.45, 7) is 4.06. The molecule has 0 saturated carbocycles. The number of hydrogen-bond acceptors (Lipinski definition) is 2. The maximum Gasteiger partial charge on any atom is 0.123 e. The lowest BCUT2D eigenvalue weighted by atomic mass is 10.3. The normalized spacial score (nSPS) is 9.42. The molecule has 0 aromatic carbocycles. The Morgan fingerprint density at radius 1 is 1.67 bits per heavy atom. The van der Waals surface area contributed by atoms with Crippen LogP contribution < -0.4 is 4.74 Å². The van der Waals surface area contributed by atoms with Crippen LogP contribution in [0.15, 0.2) is 31.0 Å². The van der Waals surface area contributed by atoms with E-state index in [0.29, 0.717) is 12.5 Å². The molecule has 0 N–H and O–H groups in total. The first kappa shape index (κ1) is 9.07. The van der Waals surface area contributed by atoms with E-state index in [1.165, 1.54) is 0 Å². The first-order chi connectivity index (χ1) is 5.86. The SMILES string of the molecule is C=CCOc1ccnc(CCl)c1. The molecule has 1 aromatic heterocycles. The van der Waals surface area contributed by atoms with Crippen molar-refractivity contribution in [2.24, 2.45) is 0 Å². The lowest BCUT2D eigenvalue weighted by Crippen LogP contribution is -1.94. The quantitative estimate of drug-likeness (QED) is 0.528. The van der Waals surface area contributed by atoms with Gasteiger partial charge in [0.1, 0.15) is 12.4 Å². The summed E-state index contributed by atoms with van der Waals surface area (Å²) in [4.78, 5) is 4.03. The first-order valence-electron chi connectivity index (χ1n) is 3.61. The highest BCUT2D eigenvalue weighted by Gasteiger charge is 1.94. The number of rotatable bonds is 4. The maximum absolute atomic E-state index is 5.59. The second kappa shape index (κ2) is 4.78. The van der Waals surface area contributed by atoms with Crippen molar-refractivity contribution in [2.75, 3.05) is 6.61 Å². The molecule has 1 rings (SSSR count). The summed E-state index contributed by atoms with van der Waals surface area (Å²) < 4.78 is 5.28. The van der Waals surface area contributed by atoms with Gasteiger partial charge in [-0.15, -0.1) is 11.6 Å². The highest BCUT2D eigenvalue weighted by molar-refractivity contribution is 6.16. The lowest BCUT2D eigenvalue weighted by molar-refractivity contribution is 0.362. The van der Waals surface area contributed by atoms with Crippen molar-refractivity contribution in [2.45, 2.75) is 5.88 Å². The Bertz CT molecular complexity index is 262. The van der Waals surface area contributed by atoms with Gasteiger partial charge < -0.3 is 4.74 Å². The van der Waals surface area contributed by atoms with Crippen LogP contribution in [0.5, 0.6) is 5.75 Å². The van der Waals surface area contributed by atoms with Gasteiger partial charge in [-0.3, -0.25) is 4.98 Å². The number of ether oxygens (including phenoxy) is 1. The molecule has 1 heterocycles. The Hall–Kier alpha value is -1.02. The van der Waals surface area contributed by atoms with Gasteiger partial charge in [0.25, 0.3) is 0 Å². The third kappa shape index (κ3) is 2.55. The van der Waals surface area contributed by atoms with Gasteiger partial charge >= 0.3 is 0 Å². The lowest BCUT2D eigenvalue weighted by Gasteiger charge is -2.02. The highest BCUT2D eigenvalue weighted by atomic mass is 35.5. The van der Waals surface area contributed by atoms with Gasteiger partial charge in [0.05, 0.1) is 11.6 Å². The summed E-state index contributed by atoms with van der Waals surface area (Å²) in [5.74, 6) is 1.19. The number of alkyl halides is 1. The molecule has 0 atom stereocenters. The predicted octanol–water partition coefficient (Wildman–Crippen LogP) is 2.39. The fraction of sp³-hybridized carbons (Fsp3) is 0.222. The zero-order valence-electron chi connectivity index (χ0n) is 6.66. The Kier molecular flexibility index (Phi) is 3.61. The van der Waals surface area contributed by atoms with E-state index in [-0.39, 0.29) is 0 Å². The van der Waals surface area contributed by atoms with Crippen LogP contribution in [0.2, 0.25) is 0 Å². The van der Waals surface area contributed by atoms with E-state index in [0.717, 1.165) is 11.4 Å². The molecule has 3 heteroatoms. The van der Waals surface area contributed by atoms with Crippen molar-refractivity contribution >= 4 is 11.6 Å². The Labute approximate surface area is 76.8 Å². The van der Waals surface area contributed by atoms with Crippen molar-refractivity contribution in [3.8, 4) is 5.75 Å². The van der Waals surface area contributed by atoms with Crippen LogP contribution in [0.25, 0.3) is 0 Å². The average molecular weight is 184 g/mol. The summed E-state index contributed by atoms with van der Waals surface area (Å²) in [5.41, 5.74) is 0.818. The van der Waals surface area contributed by atoms with Gasteiger partial charge in [-0.05, 0) is 6.07 Å². The van der Waals surface area contributed by atoms with E-state index in [2.05, 4.69) is 11.6 Å². The highest BCUT2D eigenvalue weighted by Crippen LogP contribution is 2.11. The Morgan fingerprint density at radius 2 is 2.50 bits per heavy atom. The minimum absolute atomic E-state index is 0.408. The second-order valence-corrected chi connectivity index (χ2v) is 2.48. The van der Waals surface area contributed by atoms with Crippen LogP contribution >= 0.6 is 11.6 Å². The zero-order valence-corrected chi connectivity index (χ0v) is 7.42. The Balaban J connectivity index is 2.65.